The summed E-state index contributed by atoms with van der Waals surface area (Å²) in [6.45, 7) is 3.25. The molecule has 0 saturated heterocycles. The summed E-state index contributed by atoms with van der Waals surface area (Å²) < 4.78 is 1.90. The van der Waals surface area contributed by atoms with Gasteiger partial charge in [-0.15, -0.1) is 0 Å². The van der Waals surface area contributed by atoms with E-state index in [0.717, 1.165) is 29.7 Å². The van der Waals surface area contributed by atoms with Crippen molar-refractivity contribution in [2.24, 2.45) is 5.73 Å². The number of aromatic nitrogens is 2. The maximum atomic E-state index is 12.1. The van der Waals surface area contributed by atoms with Crippen molar-refractivity contribution in [3.63, 3.8) is 0 Å². The van der Waals surface area contributed by atoms with Crippen molar-refractivity contribution >= 4 is 5.91 Å². The maximum absolute atomic E-state index is 12.1. The lowest BCUT2D eigenvalue weighted by Gasteiger charge is -2.14. The van der Waals surface area contributed by atoms with E-state index in [1.807, 2.05) is 42.1 Å². The van der Waals surface area contributed by atoms with E-state index in [2.05, 4.69) is 40.7 Å². The van der Waals surface area contributed by atoms with Gasteiger partial charge in [0.25, 0.3) is 0 Å². The highest BCUT2D eigenvalue weighted by Crippen LogP contribution is 2.24. The van der Waals surface area contributed by atoms with Crippen LogP contribution in [0, 0.1) is 0 Å². The first-order chi connectivity index (χ1) is 13.2. The number of amides is 1. The first-order valence-corrected chi connectivity index (χ1v) is 9.35. The second-order valence-corrected chi connectivity index (χ2v) is 6.67. The molecule has 0 spiro atoms. The summed E-state index contributed by atoms with van der Waals surface area (Å²) in [6, 6.07) is 18.1. The van der Waals surface area contributed by atoms with Gasteiger partial charge < -0.3 is 11.1 Å². The average molecular weight is 362 g/mol. The molecule has 0 aliphatic rings. The summed E-state index contributed by atoms with van der Waals surface area (Å²) in [4.78, 5) is 12.1. The minimum absolute atomic E-state index is 0.0961. The Hall–Kier alpha value is -2.92. The second-order valence-electron chi connectivity index (χ2n) is 6.67. The highest BCUT2D eigenvalue weighted by Gasteiger charge is 2.12. The van der Waals surface area contributed by atoms with Crippen molar-refractivity contribution in [3.8, 4) is 11.1 Å². The monoisotopic (exact) mass is 362 g/mol. The lowest BCUT2D eigenvalue weighted by Crippen LogP contribution is -2.40. The molecule has 1 atom stereocenters. The van der Waals surface area contributed by atoms with Crippen LogP contribution in [0.5, 0.6) is 0 Å². The summed E-state index contributed by atoms with van der Waals surface area (Å²) in [7, 11) is 0. The number of nitrogens with two attached hydrogens (primary N) is 1. The SMILES string of the molecule is CCCC(N)C(=O)NCc1ccccc1-c1ccc(Cn2cccn2)cc1. The maximum Gasteiger partial charge on any atom is 0.237 e. The molecule has 0 aliphatic heterocycles. The van der Waals surface area contributed by atoms with E-state index in [9.17, 15) is 4.79 Å². The number of benzene rings is 2. The highest BCUT2D eigenvalue weighted by molar-refractivity contribution is 5.81. The van der Waals surface area contributed by atoms with E-state index in [1.54, 1.807) is 6.20 Å². The van der Waals surface area contributed by atoms with E-state index in [1.165, 1.54) is 5.56 Å². The Balaban J connectivity index is 1.70. The molecule has 1 unspecified atom stereocenters. The molecule has 5 heteroatoms. The second kappa shape index (κ2) is 9.14. The smallest absolute Gasteiger partial charge is 0.237 e. The van der Waals surface area contributed by atoms with Gasteiger partial charge in [-0.25, -0.2) is 0 Å². The van der Waals surface area contributed by atoms with Gasteiger partial charge in [0.2, 0.25) is 5.91 Å². The van der Waals surface area contributed by atoms with Crippen LogP contribution in [0.4, 0.5) is 0 Å². The van der Waals surface area contributed by atoms with Crippen LogP contribution in [-0.4, -0.2) is 21.7 Å². The first kappa shape index (κ1) is 18.9. The molecule has 3 rings (SSSR count). The number of nitrogens with zero attached hydrogens (tertiary/aromatic N) is 2. The fourth-order valence-corrected chi connectivity index (χ4v) is 3.08. The molecule has 0 fully saturated rings. The molecule has 1 amide bonds. The van der Waals surface area contributed by atoms with Crippen molar-refractivity contribution in [1.29, 1.82) is 0 Å². The molecular formula is C22H26N4O. The number of carbonyl (C=O) groups excluding carboxylic acids is 1. The van der Waals surface area contributed by atoms with Crippen LogP contribution < -0.4 is 11.1 Å². The van der Waals surface area contributed by atoms with Crippen molar-refractivity contribution in [3.05, 3.63) is 78.1 Å². The molecular weight excluding hydrogens is 336 g/mol. The Bertz CT molecular complexity index is 856. The standard InChI is InChI=1S/C22H26N4O/c1-2-6-21(23)22(27)24-15-19-7-3-4-8-20(19)18-11-9-17(10-12-18)16-26-14-5-13-25-26/h3-5,7-14,21H,2,6,15-16,23H2,1H3,(H,24,27). The van der Waals surface area contributed by atoms with Crippen molar-refractivity contribution in [2.75, 3.05) is 0 Å². The molecule has 27 heavy (non-hydrogen) atoms. The zero-order chi connectivity index (χ0) is 19.1. The minimum atomic E-state index is -0.441. The van der Waals surface area contributed by atoms with Crippen LogP contribution >= 0.6 is 0 Å². The number of hydrogen-bond acceptors (Lipinski definition) is 3. The number of carbonyl (C=O) groups is 1. The molecule has 0 aliphatic carbocycles. The molecule has 1 heterocycles. The van der Waals surface area contributed by atoms with Crippen LogP contribution in [0.3, 0.4) is 0 Å². The van der Waals surface area contributed by atoms with E-state index in [4.69, 9.17) is 5.73 Å². The van der Waals surface area contributed by atoms with Gasteiger partial charge in [-0.05, 0) is 34.7 Å². The molecule has 5 nitrogen and oxygen atoms in total. The average Bonchev–Trinajstić information content (AvgIpc) is 3.20. The van der Waals surface area contributed by atoms with Crippen LogP contribution in [0.15, 0.2) is 67.0 Å². The summed E-state index contributed by atoms with van der Waals surface area (Å²) in [5.74, 6) is -0.0961. The Morgan fingerprint density at radius 1 is 1.15 bits per heavy atom. The van der Waals surface area contributed by atoms with Crippen LogP contribution in [0.25, 0.3) is 11.1 Å². The van der Waals surface area contributed by atoms with Gasteiger partial charge in [0.15, 0.2) is 0 Å². The van der Waals surface area contributed by atoms with Gasteiger partial charge in [0, 0.05) is 18.9 Å². The third-order valence-corrected chi connectivity index (χ3v) is 4.58. The molecule has 3 aromatic rings. The first-order valence-electron chi connectivity index (χ1n) is 9.35. The molecule has 140 valence electrons. The molecule has 1 aromatic heterocycles. The van der Waals surface area contributed by atoms with Crippen LogP contribution in [0.1, 0.15) is 30.9 Å². The molecule has 3 N–H and O–H groups in total. The molecule has 0 bridgehead atoms. The fraction of sp³-hybridized carbons (Fsp3) is 0.273. The number of rotatable bonds is 8. The predicted octanol–water partition coefficient (Wildman–Crippen LogP) is 3.34. The Kier molecular flexibility index (Phi) is 6.39. The van der Waals surface area contributed by atoms with Crippen LogP contribution in [-0.2, 0) is 17.9 Å². The van der Waals surface area contributed by atoms with E-state index in [0.29, 0.717) is 13.0 Å². The summed E-state index contributed by atoms with van der Waals surface area (Å²) in [6.07, 6.45) is 5.34. The lowest BCUT2D eigenvalue weighted by molar-refractivity contribution is -0.122. The zero-order valence-corrected chi connectivity index (χ0v) is 15.6. The topological polar surface area (TPSA) is 72.9 Å². The molecule has 0 radical (unpaired) electrons. The zero-order valence-electron chi connectivity index (χ0n) is 15.6. The van der Waals surface area contributed by atoms with E-state index >= 15 is 0 Å². The third-order valence-electron chi connectivity index (χ3n) is 4.58. The van der Waals surface area contributed by atoms with Crippen molar-refractivity contribution < 1.29 is 4.79 Å². The number of nitrogens with one attached hydrogen (secondary N) is 1. The van der Waals surface area contributed by atoms with Gasteiger partial charge in [-0.2, -0.15) is 5.10 Å². The summed E-state index contributed by atoms with van der Waals surface area (Å²) in [5.41, 5.74) is 10.4. The quantitative estimate of drug-likeness (QED) is 0.645. The van der Waals surface area contributed by atoms with Gasteiger partial charge in [0.1, 0.15) is 0 Å². The van der Waals surface area contributed by atoms with E-state index in [-0.39, 0.29) is 5.91 Å². The molecule has 0 saturated carbocycles. The van der Waals surface area contributed by atoms with Crippen LogP contribution in [0.2, 0.25) is 0 Å². The van der Waals surface area contributed by atoms with Gasteiger partial charge in [-0.3, -0.25) is 9.48 Å². The normalized spacial score (nSPS) is 11.9. The largest absolute Gasteiger partial charge is 0.351 e. The van der Waals surface area contributed by atoms with Gasteiger partial charge >= 0.3 is 0 Å². The Morgan fingerprint density at radius 2 is 1.93 bits per heavy atom. The minimum Gasteiger partial charge on any atom is -0.351 e. The van der Waals surface area contributed by atoms with Gasteiger partial charge in [0.05, 0.1) is 12.6 Å². The summed E-state index contributed by atoms with van der Waals surface area (Å²) in [5, 5.41) is 7.20. The fourth-order valence-electron chi connectivity index (χ4n) is 3.08. The summed E-state index contributed by atoms with van der Waals surface area (Å²) >= 11 is 0. The highest BCUT2D eigenvalue weighted by atomic mass is 16.2. The Labute approximate surface area is 160 Å². The number of hydrogen-bond donors (Lipinski definition) is 2. The van der Waals surface area contributed by atoms with E-state index < -0.39 is 6.04 Å². The van der Waals surface area contributed by atoms with Crippen molar-refractivity contribution in [1.82, 2.24) is 15.1 Å². The van der Waals surface area contributed by atoms with Crippen molar-refractivity contribution in [2.45, 2.75) is 38.9 Å². The molecule has 2 aromatic carbocycles. The lowest BCUT2D eigenvalue weighted by atomic mass is 9.98. The van der Waals surface area contributed by atoms with Gasteiger partial charge in [-0.1, -0.05) is 61.9 Å². The predicted molar refractivity (Wildman–Crippen MR) is 108 cm³/mol. The Morgan fingerprint density at radius 3 is 2.63 bits per heavy atom. The third kappa shape index (κ3) is 5.05.